The summed E-state index contributed by atoms with van der Waals surface area (Å²) in [4.78, 5) is 8.73. The van der Waals surface area contributed by atoms with Gasteiger partial charge in [0, 0.05) is 31.3 Å². The molecule has 156 valence electrons. The molecule has 0 aliphatic carbocycles. The Morgan fingerprint density at radius 2 is 1.93 bits per heavy atom. The molecule has 0 saturated carbocycles. The first-order valence-corrected chi connectivity index (χ1v) is 10.00. The van der Waals surface area contributed by atoms with E-state index in [2.05, 4.69) is 64.7 Å². The summed E-state index contributed by atoms with van der Waals surface area (Å²) in [6.45, 7) is 3.37. The molecule has 0 spiro atoms. The van der Waals surface area contributed by atoms with Gasteiger partial charge in [0.1, 0.15) is 11.9 Å². The number of pyridine rings is 1. The van der Waals surface area contributed by atoms with E-state index in [0.717, 1.165) is 29.8 Å². The first-order chi connectivity index (χ1) is 14.2. The van der Waals surface area contributed by atoms with Gasteiger partial charge in [-0.1, -0.05) is 36.4 Å². The van der Waals surface area contributed by atoms with Crippen molar-refractivity contribution in [2.24, 2.45) is 10.7 Å². The minimum absolute atomic E-state index is 0. The van der Waals surface area contributed by atoms with Gasteiger partial charge in [-0.05, 0) is 53.4 Å². The lowest BCUT2D eigenvalue weighted by Gasteiger charge is -2.07. The van der Waals surface area contributed by atoms with Gasteiger partial charge < -0.3 is 15.8 Å². The Hall–Kier alpha value is -2.61. The van der Waals surface area contributed by atoms with Gasteiger partial charge in [-0.2, -0.15) is 0 Å². The second kappa shape index (κ2) is 10.4. The number of fused-ring (bicyclic) bond motifs is 1. The Morgan fingerprint density at radius 3 is 2.70 bits per heavy atom. The fourth-order valence-corrected chi connectivity index (χ4v) is 3.50. The van der Waals surface area contributed by atoms with E-state index in [1.165, 1.54) is 16.7 Å². The van der Waals surface area contributed by atoms with Crippen LogP contribution in [-0.2, 0) is 19.4 Å². The van der Waals surface area contributed by atoms with E-state index in [0.29, 0.717) is 19.0 Å². The van der Waals surface area contributed by atoms with Crippen LogP contribution >= 0.6 is 24.0 Å². The lowest BCUT2D eigenvalue weighted by Crippen LogP contribution is -2.33. The highest BCUT2D eigenvalue weighted by Crippen LogP contribution is 2.32. The van der Waals surface area contributed by atoms with Gasteiger partial charge in [0.05, 0.1) is 6.54 Å². The van der Waals surface area contributed by atoms with Crippen LogP contribution in [0.1, 0.15) is 23.7 Å². The molecule has 0 bridgehead atoms. The SMILES string of the molecule is CC1Cc2cc(-c3ccc(CN=C(N)NCCc4ccccn4)cc3)ccc2O1.I. The Kier molecular flexibility index (Phi) is 7.68. The third-order valence-corrected chi connectivity index (χ3v) is 5.03. The zero-order valence-corrected chi connectivity index (χ0v) is 19.4. The van der Waals surface area contributed by atoms with Crippen molar-refractivity contribution in [2.45, 2.75) is 32.4 Å². The fourth-order valence-electron chi connectivity index (χ4n) is 3.50. The molecule has 0 radical (unpaired) electrons. The molecule has 3 aromatic rings. The molecule has 0 fully saturated rings. The number of guanidine groups is 1. The number of hydrogen-bond acceptors (Lipinski definition) is 3. The van der Waals surface area contributed by atoms with E-state index in [-0.39, 0.29) is 30.1 Å². The molecule has 2 aromatic carbocycles. The average molecular weight is 514 g/mol. The quantitative estimate of drug-likeness (QED) is 0.292. The molecular weight excluding hydrogens is 487 g/mol. The smallest absolute Gasteiger partial charge is 0.188 e. The van der Waals surface area contributed by atoms with Crippen molar-refractivity contribution in [3.05, 3.63) is 83.7 Å². The first kappa shape index (κ1) is 22.1. The van der Waals surface area contributed by atoms with Crippen LogP contribution < -0.4 is 15.8 Å². The maximum absolute atomic E-state index is 5.98. The zero-order valence-electron chi connectivity index (χ0n) is 17.0. The van der Waals surface area contributed by atoms with Crippen LogP contribution in [0.5, 0.6) is 5.75 Å². The van der Waals surface area contributed by atoms with Crippen LogP contribution in [0.3, 0.4) is 0 Å². The minimum atomic E-state index is 0. The van der Waals surface area contributed by atoms with Crippen molar-refractivity contribution in [3.63, 3.8) is 0 Å². The van der Waals surface area contributed by atoms with Gasteiger partial charge in [-0.3, -0.25) is 4.98 Å². The molecule has 6 heteroatoms. The van der Waals surface area contributed by atoms with Crippen molar-refractivity contribution in [1.82, 2.24) is 10.3 Å². The first-order valence-electron chi connectivity index (χ1n) is 10.00. The number of aliphatic imine (C=N–C) groups is 1. The van der Waals surface area contributed by atoms with Gasteiger partial charge in [0.25, 0.3) is 0 Å². The van der Waals surface area contributed by atoms with Crippen LogP contribution in [0.25, 0.3) is 11.1 Å². The minimum Gasteiger partial charge on any atom is -0.490 e. The topological polar surface area (TPSA) is 72.5 Å². The van der Waals surface area contributed by atoms with E-state index >= 15 is 0 Å². The molecule has 2 heterocycles. The molecule has 4 rings (SSSR count). The van der Waals surface area contributed by atoms with Crippen LogP contribution in [0.15, 0.2) is 71.9 Å². The van der Waals surface area contributed by atoms with E-state index in [1.807, 2.05) is 18.2 Å². The highest BCUT2D eigenvalue weighted by atomic mass is 127. The Balaban J connectivity index is 0.00000256. The number of aromatic nitrogens is 1. The summed E-state index contributed by atoms with van der Waals surface area (Å²) in [5, 5.41) is 3.14. The fraction of sp³-hybridized carbons (Fsp3) is 0.250. The van der Waals surface area contributed by atoms with Crippen molar-refractivity contribution in [3.8, 4) is 16.9 Å². The molecule has 3 N–H and O–H groups in total. The zero-order chi connectivity index (χ0) is 20.1. The highest BCUT2D eigenvalue weighted by Gasteiger charge is 2.19. The van der Waals surface area contributed by atoms with E-state index in [9.17, 15) is 0 Å². The molecule has 5 nitrogen and oxygen atoms in total. The second-order valence-corrected chi connectivity index (χ2v) is 7.35. The lowest BCUT2D eigenvalue weighted by molar-refractivity contribution is 0.254. The summed E-state index contributed by atoms with van der Waals surface area (Å²) in [6.07, 6.45) is 3.86. The summed E-state index contributed by atoms with van der Waals surface area (Å²) in [5.74, 6) is 1.47. The molecule has 0 amide bonds. The summed E-state index contributed by atoms with van der Waals surface area (Å²) in [7, 11) is 0. The standard InChI is InChI=1S/C24H26N4O.HI/c1-17-14-21-15-20(9-10-23(21)29-17)19-7-5-18(6-8-19)16-28-24(25)27-13-11-22-4-2-3-12-26-22;/h2-10,12,15,17H,11,13-14,16H2,1H3,(H3,25,27,28);1H. The Bertz CT molecular complexity index is 990. The lowest BCUT2D eigenvalue weighted by atomic mass is 10.00. The number of nitrogens with zero attached hydrogens (tertiary/aromatic N) is 2. The number of nitrogens with two attached hydrogens (primary N) is 1. The number of halogens is 1. The molecule has 0 saturated heterocycles. The van der Waals surface area contributed by atoms with Crippen LogP contribution in [0, 0.1) is 0 Å². The normalized spacial score (nSPS) is 15.1. The number of hydrogen-bond donors (Lipinski definition) is 2. The third-order valence-electron chi connectivity index (χ3n) is 5.03. The second-order valence-electron chi connectivity index (χ2n) is 7.35. The van der Waals surface area contributed by atoms with Gasteiger partial charge in [-0.15, -0.1) is 24.0 Å². The third kappa shape index (κ3) is 5.72. The molecule has 1 atom stereocenters. The Morgan fingerprint density at radius 1 is 1.13 bits per heavy atom. The average Bonchev–Trinajstić information content (AvgIpc) is 3.12. The van der Waals surface area contributed by atoms with Gasteiger partial charge in [-0.25, -0.2) is 4.99 Å². The molecular formula is C24H27IN4O. The number of nitrogens with one attached hydrogen (secondary N) is 1. The van der Waals surface area contributed by atoms with E-state index in [1.54, 1.807) is 6.20 Å². The van der Waals surface area contributed by atoms with Gasteiger partial charge in [0.2, 0.25) is 0 Å². The highest BCUT2D eigenvalue weighted by molar-refractivity contribution is 14.0. The van der Waals surface area contributed by atoms with Crippen molar-refractivity contribution >= 4 is 29.9 Å². The van der Waals surface area contributed by atoms with Crippen molar-refractivity contribution < 1.29 is 4.74 Å². The summed E-state index contributed by atoms with van der Waals surface area (Å²) >= 11 is 0. The molecule has 1 aliphatic heterocycles. The van der Waals surface area contributed by atoms with Crippen LogP contribution in [0.4, 0.5) is 0 Å². The molecule has 30 heavy (non-hydrogen) atoms. The summed E-state index contributed by atoms with van der Waals surface area (Å²) in [5.41, 5.74) is 11.8. The molecule has 1 unspecified atom stereocenters. The predicted octanol–water partition coefficient (Wildman–Crippen LogP) is 4.34. The van der Waals surface area contributed by atoms with Crippen molar-refractivity contribution in [2.75, 3.05) is 6.54 Å². The van der Waals surface area contributed by atoms with Crippen LogP contribution in [-0.4, -0.2) is 23.6 Å². The van der Waals surface area contributed by atoms with Crippen molar-refractivity contribution in [1.29, 1.82) is 0 Å². The largest absolute Gasteiger partial charge is 0.490 e. The monoisotopic (exact) mass is 514 g/mol. The predicted molar refractivity (Wildman–Crippen MR) is 132 cm³/mol. The van der Waals surface area contributed by atoms with E-state index < -0.39 is 0 Å². The number of ether oxygens (including phenoxy) is 1. The number of benzene rings is 2. The van der Waals surface area contributed by atoms with Gasteiger partial charge >= 0.3 is 0 Å². The Labute approximate surface area is 194 Å². The molecule has 1 aromatic heterocycles. The van der Waals surface area contributed by atoms with Gasteiger partial charge in [0.15, 0.2) is 5.96 Å². The molecule has 1 aliphatic rings. The summed E-state index contributed by atoms with van der Waals surface area (Å²) in [6, 6.07) is 20.8. The summed E-state index contributed by atoms with van der Waals surface area (Å²) < 4.78 is 5.79. The van der Waals surface area contributed by atoms with E-state index in [4.69, 9.17) is 10.5 Å². The maximum Gasteiger partial charge on any atom is 0.188 e. The van der Waals surface area contributed by atoms with Crippen LogP contribution in [0.2, 0.25) is 0 Å². The number of rotatable bonds is 6. The maximum atomic E-state index is 5.98.